The van der Waals surface area contributed by atoms with Gasteiger partial charge >= 0.3 is 0 Å². The molecule has 0 spiro atoms. The topological polar surface area (TPSA) is 50.9 Å². The van der Waals surface area contributed by atoms with E-state index in [2.05, 4.69) is 22.9 Å². The largest absolute Gasteiger partial charge is 0.390 e. The molecule has 4 nitrogen and oxygen atoms in total. The third-order valence-corrected chi connectivity index (χ3v) is 2.74. The van der Waals surface area contributed by atoms with Crippen molar-refractivity contribution in [2.24, 2.45) is 0 Å². The van der Waals surface area contributed by atoms with Gasteiger partial charge in [0.25, 0.3) is 0 Å². The maximum atomic E-state index is 8.94. The molecule has 0 aliphatic heterocycles. The van der Waals surface area contributed by atoms with Gasteiger partial charge < -0.3 is 5.11 Å². The van der Waals surface area contributed by atoms with Gasteiger partial charge in [0, 0.05) is 5.75 Å². The maximum absolute atomic E-state index is 8.94. The van der Waals surface area contributed by atoms with E-state index in [1.54, 1.807) is 10.9 Å². The molecule has 0 aliphatic carbocycles. The molecule has 1 unspecified atom stereocenters. The molecule has 2 aromatic rings. The molecule has 1 heterocycles. The zero-order valence-electron chi connectivity index (χ0n) is 8.69. The van der Waals surface area contributed by atoms with Crippen LogP contribution >= 0.6 is 12.6 Å². The fourth-order valence-corrected chi connectivity index (χ4v) is 1.93. The number of hydrogen-bond donors (Lipinski definition) is 2. The van der Waals surface area contributed by atoms with Gasteiger partial charge in [0.05, 0.1) is 18.8 Å². The third-order valence-electron chi connectivity index (χ3n) is 2.40. The summed E-state index contributed by atoms with van der Waals surface area (Å²) in [5.41, 5.74) is 1.70. The quantitative estimate of drug-likeness (QED) is 0.785. The van der Waals surface area contributed by atoms with E-state index in [9.17, 15) is 0 Å². The molecule has 0 fully saturated rings. The van der Waals surface area contributed by atoms with Crippen LogP contribution in [0.15, 0.2) is 36.5 Å². The molecule has 0 aliphatic rings. The third kappa shape index (κ3) is 2.25. The van der Waals surface area contributed by atoms with Crippen LogP contribution in [0.5, 0.6) is 0 Å². The van der Waals surface area contributed by atoms with Gasteiger partial charge in [0.1, 0.15) is 5.69 Å². The van der Waals surface area contributed by atoms with Crippen LogP contribution in [-0.4, -0.2) is 25.9 Å². The molecule has 0 radical (unpaired) electrons. The first kappa shape index (κ1) is 11.2. The lowest BCUT2D eigenvalue weighted by Crippen LogP contribution is -2.13. The zero-order valence-corrected chi connectivity index (χ0v) is 9.59. The Hall–Kier alpha value is -1.33. The van der Waals surface area contributed by atoms with Gasteiger partial charge in [-0.1, -0.05) is 35.5 Å². The smallest absolute Gasteiger partial charge is 0.108 e. The molecule has 0 saturated carbocycles. The molecule has 0 bridgehead atoms. The fraction of sp³-hybridized carbons (Fsp3) is 0.273. The van der Waals surface area contributed by atoms with E-state index >= 15 is 0 Å². The van der Waals surface area contributed by atoms with Crippen LogP contribution in [0.3, 0.4) is 0 Å². The Labute approximate surface area is 99.3 Å². The van der Waals surface area contributed by atoms with Crippen LogP contribution < -0.4 is 0 Å². The van der Waals surface area contributed by atoms with Crippen molar-refractivity contribution in [2.45, 2.75) is 12.6 Å². The van der Waals surface area contributed by atoms with Gasteiger partial charge in [-0.2, -0.15) is 12.6 Å². The molecule has 0 saturated heterocycles. The summed E-state index contributed by atoms with van der Waals surface area (Å²) in [6, 6.07) is 10.0. The number of aliphatic hydroxyl groups is 1. The van der Waals surface area contributed by atoms with Gasteiger partial charge in [-0.25, -0.2) is 4.68 Å². The lowest BCUT2D eigenvalue weighted by atomic mass is 10.1. The number of aliphatic hydroxyl groups excluding tert-OH is 1. The molecule has 84 valence electrons. The van der Waals surface area contributed by atoms with E-state index < -0.39 is 0 Å². The summed E-state index contributed by atoms with van der Waals surface area (Å²) >= 11 is 4.33. The van der Waals surface area contributed by atoms with Crippen LogP contribution in [0.2, 0.25) is 0 Å². The molecule has 16 heavy (non-hydrogen) atoms. The second-order valence-corrected chi connectivity index (χ2v) is 3.82. The van der Waals surface area contributed by atoms with Gasteiger partial charge in [-0.3, -0.25) is 0 Å². The van der Waals surface area contributed by atoms with E-state index in [-0.39, 0.29) is 12.6 Å². The van der Waals surface area contributed by atoms with E-state index in [4.69, 9.17) is 5.11 Å². The molecule has 1 aromatic heterocycles. The van der Waals surface area contributed by atoms with Crippen molar-refractivity contribution in [3.05, 3.63) is 47.8 Å². The minimum Gasteiger partial charge on any atom is -0.390 e. The van der Waals surface area contributed by atoms with Crippen molar-refractivity contribution in [2.75, 3.05) is 5.75 Å². The van der Waals surface area contributed by atoms with Crippen LogP contribution in [0, 0.1) is 0 Å². The number of thiol groups is 1. The lowest BCUT2D eigenvalue weighted by Gasteiger charge is -2.14. The van der Waals surface area contributed by atoms with E-state index in [1.807, 2.05) is 30.3 Å². The Morgan fingerprint density at radius 2 is 2.06 bits per heavy atom. The summed E-state index contributed by atoms with van der Waals surface area (Å²) in [4.78, 5) is 0. The molecule has 5 heteroatoms. The first-order valence-electron chi connectivity index (χ1n) is 5.02. The SMILES string of the molecule is OCc1cn(C(CS)c2ccccc2)nn1. The van der Waals surface area contributed by atoms with Gasteiger partial charge in [0.15, 0.2) is 0 Å². The molecule has 1 atom stereocenters. The summed E-state index contributed by atoms with van der Waals surface area (Å²) in [7, 11) is 0. The molecule has 2 rings (SSSR count). The van der Waals surface area contributed by atoms with Gasteiger partial charge in [-0.15, -0.1) is 5.10 Å². The van der Waals surface area contributed by atoms with Gasteiger partial charge in [0.2, 0.25) is 0 Å². The number of benzene rings is 1. The Balaban J connectivity index is 2.29. The summed E-state index contributed by atoms with van der Waals surface area (Å²) in [6.07, 6.45) is 1.74. The number of rotatable bonds is 4. The van der Waals surface area contributed by atoms with E-state index in [1.165, 1.54) is 0 Å². The second-order valence-electron chi connectivity index (χ2n) is 3.46. The van der Waals surface area contributed by atoms with Crippen LogP contribution in [-0.2, 0) is 6.61 Å². The van der Waals surface area contributed by atoms with Crippen molar-refractivity contribution >= 4 is 12.6 Å². The predicted molar refractivity (Wildman–Crippen MR) is 64.4 cm³/mol. The number of aromatic nitrogens is 3. The molecule has 1 N–H and O–H groups in total. The molecular formula is C11H13N3OS. The minimum absolute atomic E-state index is 0.0531. The Kier molecular flexibility index (Phi) is 3.58. The van der Waals surface area contributed by atoms with Gasteiger partial charge in [-0.05, 0) is 5.56 Å². The Morgan fingerprint density at radius 1 is 1.31 bits per heavy atom. The monoisotopic (exact) mass is 235 g/mol. The average Bonchev–Trinajstić information content (AvgIpc) is 2.80. The number of nitrogens with zero attached hydrogens (tertiary/aromatic N) is 3. The highest BCUT2D eigenvalue weighted by Gasteiger charge is 2.13. The summed E-state index contributed by atoms with van der Waals surface area (Å²) in [6.45, 7) is -0.0892. The van der Waals surface area contributed by atoms with Crippen molar-refractivity contribution in [3.8, 4) is 0 Å². The van der Waals surface area contributed by atoms with E-state index in [0.29, 0.717) is 11.4 Å². The van der Waals surface area contributed by atoms with E-state index in [0.717, 1.165) is 5.56 Å². The Bertz CT molecular complexity index is 444. The van der Waals surface area contributed by atoms with Crippen molar-refractivity contribution in [1.82, 2.24) is 15.0 Å². The van der Waals surface area contributed by atoms with Crippen LogP contribution in [0.25, 0.3) is 0 Å². The fourth-order valence-electron chi connectivity index (χ4n) is 1.56. The minimum atomic E-state index is -0.0892. The summed E-state index contributed by atoms with van der Waals surface area (Å²) in [5.74, 6) is 0.637. The standard InChI is InChI=1S/C11H13N3OS/c15-7-10-6-14(13-12-10)11(8-16)9-4-2-1-3-5-9/h1-6,11,15-16H,7-8H2. The van der Waals surface area contributed by atoms with Crippen molar-refractivity contribution in [1.29, 1.82) is 0 Å². The summed E-state index contributed by atoms with van der Waals surface area (Å²) in [5, 5.41) is 16.8. The highest BCUT2D eigenvalue weighted by Crippen LogP contribution is 2.18. The molecule has 1 aromatic carbocycles. The molecule has 0 amide bonds. The summed E-state index contributed by atoms with van der Waals surface area (Å²) < 4.78 is 1.73. The lowest BCUT2D eigenvalue weighted by molar-refractivity contribution is 0.276. The molecular weight excluding hydrogens is 222 g/mol. The zero-order chi connectivity index (χ0) is 11.4. The average molecular weight is 235 g/mol. The first-order valence-corrected chi connectivity index (χ1v) is 5.65. The highest BCUT2D eigenvalue weighted by atomic mass is 32.1. The second kappa shape index (κ2) is 5.14. The Morgan fingerprint density at radius 3 is 2.62 bits per heavy atom. The van der Waals surface area contributed by atoms with Crippen molar-refractivity contribution < 1.29 is 5.11 Å². The van der Waals surface area contributed by atoms with Crippen LogP contribution in [0.4, 0.5) is 0 Å². The normalized spacial score (nSPS) is 12.6. The maximum Gasteiger partial charge on any atom is 0.108 e. The number of hydrogen-bond acceptors (Lipinski definition) is 4. The highest BCUT2D eigenvalue weighted by molar-refractivity contribution is 7.80. The predicted octanol–water partition coefficient (Wildman–Crippen LogP) is 1.29. The van der Waals surface area contributed by atoms with Crippen molar-refractivity contribution in [3.63, 3.8) is 0 Å². The first-order chi connectivity index (χ1) is 7.85. The van der Waals surface area contributed by atoms with Crippen LogP contribution in [0.1, 0.15) is 17.3 Å².